The summed E-state index contributed by atoms with van der Waals surface area (Å²) < 4.78 is 62.7. The zero-order chi connectivity index (χ0) is 24.8. The van der Waals surface area contributed by atoms with Gasteiger partial charge in [-0.2, -0.15) is 4.72 Å². The number of sulfonamides is 1. The Labute approximate surface area is 196 Å². The first-order valence-corrected chi connectivity index (χ1v) is 12.3. The summed E-state index contributed by atoms with van der Waals surface area (Å²) in [6.07, 6.45) is 2.41. The molecule has 8 nitrogen and oxygen atoms in total. The van der Waals surface area contributed by atoms with Crippen molar-refractivity contribution in [3.8, 4) is 11.4 Å². The molecule has 3 heterocycles. The smallest absolute Gasteiger partial charge is 0.251 e. The van der Waals surface area contributed by atoms with Crippen LogP contribution in [0.4, 0.5) is 8.78 Å². The summed E-state index contributed by atoms with van der Waals surface area (Å²) >= 11 is 0. The Morgan fingerprint density at radius 2 is 1.94 bits per heavy atom. The number of rotatable bonds is 6. The summed E-state index contributed by atoms with van der Waals surface area (Å²) in [6.45, 7) is 4.84. The SMILES string of the molecule is Cc1cc2c(cc1F)c(C(N)=O)c(-c1ccc(S(=O)(=O)NC(C)(C)F)cn1)n2C1CCOCC1. The zero-order valence-electron chi connectivity index (χ0n) is 19.1. The molecular weight excluding hydrogens is 466 g/mol. The molecule has 1 aromatic carbocycles. The fourth-order valence-corrected chi connectivity index (χ4v) is 5.51. The summed E-state index contributed by atoms with van der Waals surface area (Å²) in [4.78, 5) is 16.6. The van der Waals surface area contributed by atoms with E-state index >= 15 is 0 Å². The molecule has 0 saturated carbocycles. The Balaban J connectivity index is 1.94. The number of aryl methyl sites for hydroxylation is 1. The number of aromatic nitrogens is 2. The molecule has 1 aliphatic rings. The van der Waals surface area contributed by atoms with Gasteiger partial charge in [0.25, 0.3) is 5.91 Å². The second-order valence-electron chi connectivity index (χ2n) is 8.88. The minimum absolute atomic E-state index is 0.0663. The Kier molecular flexibility index (Phi) is 6.21. The van der Waals surface area contributed by atoms with Crippen LogP contribution in [0, 0.1) is 12.7 Å². The first-order valence-electron chi connectivity index (χ1n) is 10.8. The number of amides is 1. The van der Waals surface area contributed by atoms with Gasteiger partial charge in [0.05, 0.1) is 22.5 Å². The van der Waals surface area contributed by atoms with E-state index in [9.17, 15) is 22.0 Å². The summed E-state index contributed by atoms with van der Waals surface area (Å²) in [5, 5.41) is 0.358. The summed E-state index contributed by atoms with van der Waals surface area (Å²) in [5.41, 5.74) is 7.55. The van der Waals surface area contributed by atoms with Crippen LogP contribution in [0.15, 0.2) is 35.4 Å². The molecule has 0 spiro atoms. The Bertz CT molecular complexity index is 1360. The maximum Gasteiger partial charge on any atom is 0.251 e. The predicted molar refractivity (Wildman–Crippen MR) is 123 cm³/mol. The van der Waals surface area contributed by atoms with Gasteiger partial charge < -0.3 is 15.0 Å². The third kappa shape index (κ3) is 4.55. The molecule has 1 fully saturated rings. The molecule has 0 atom stereocenters. The highest BCUT2D eigenvalue weighted by atomic mass is 32.2. The van der Waals surface area contributed by atoms with Crippen molar-refractivity contribution in [1.29, 1.82) is 0 Å². The molecule has 182 valence electrons. The molecule has 0 unspecified atom stereocenters. The molecule has 34 heavy (non-hydrogen) atoms. The Morgan fingerprint density at radius 3 is 2.50 bits per heavy atom. The van der Waals surface area contributed by atoms with Gasteiger partial charge in [0, 0.05) is 30.8 Å². The molecule has 1 saturated heterocycles. The number of nitrogens with two attached hydrogens (primary N) is 1. The van der Waals surface area contributed by atoms with Crippen LogP contribution in [-0.2, 0) is 14.8 Å². The van der Waals surface area contributed by atoms with Crippen molar-refractivity contribution in [2.45, 2.75) is 50.3 Å². The van der Waals surface area contributed by atoms with Gasteiger partial charge in [0.2, 0.25) is 10.0 Å². The lowest BCUT2D eigenvalue weighted by Gasteiger charge is -2.27. The maximum absolute atomic E-state index is 14.5. The average Bonchev–Trinajstić information content (AvgIpc) is 3.07. The average molecular weight is 493 g/mol. The second-order valence-corrected chi connectivity index (χ2v) is 10.6. The number of carbonyl (C=O) groups is 1. The van der Waals surface area contributed by atoms with Crippen molar-refractivity contribution in [3.63, 3.8) is 0 Å². The first-order chi connectivity index (χ1) is 15.9. The lowest BCUT2D eigenvalue weighted by molar-refractivity contribution is 0.0710. The van der Waals surface area contributed by atoms with E-state index in [4.69, 9.17) is 10.5 Å². The standard InChI is InChI=1S/C23H26F2N4O4S/c1-13-10-19-16(11-17(13)24)20(22(26)30)21(29(19)14-6-8-33-9-7-14)18-5-4-15(12-27-18)34(31,32)28-23(2,3)25/h4-5,10-12,14,28H,6-9H2,1-3H3,(H2,26,30). The van der Waals surface area contributed by atoms with Crippen molar-refractivity contribution in [3.05, 3.63) is 47.4 Å². The number of ether oxygens (including phenoxy) is 1. The van der Waals surface area contributed by atoms with Gasteiger partial charge in [0.1, 0.15) is 10.7 Å². The number of fused-ring (bicyclic) bond motifs is 1. The van der Waals surface area contributed by atoms with Crippen molar-refractivity contribution < 1.29 is 26.7 Å². The van der Waals surface area contributed by atoms with Gasteiger partial charge in [-0.15, -0.1) is 0 Å². The van der Waals surface area contributed by atoms with Crippen LogP contribution in [0.25, 0.3) is 22.3 Å². The van der Waals surface area contributed by atoms with E-state index in [0.29, 0.717) is 48.2 Å². The zero-order valence-corrected chi connectivity index (χ0v) is 19.9. The lowest BCUT2D eigenvalue weighted by Crippen LogP contribution is -2.39. The molecule has 4 rings (SSSR count). The van der Waals surface area contributed by atoms with Crippen molar-refractivity contribution in [2.75, 3.05) is 13.2 Å². The third-order valence-electron chi connectivity index (χ3n) is 5.75. The minimum atomic E-state index is -4.16. The van der Waals surface area contributed by atoms with Crippen LogP contribution in [0.5, 0.6) is 0 Å². The largest absolute Gasteiger partial charge is 0.381 e. The molecule has 3 aromatic rings. The highest BCUT2D eigenvalue weighted by Gasteiger charge is 2.30. The molecule has 1 aliphatic heterocycles. The van der Waals surface area contributed by atoms with Crippen LogP contribution in [-0.4, -0.2) is 42.9 Å². The quantitative estimate of drug-likeness (QED) is 0.510. The van der Waals surface area contributed by atoms with Gasteiger partial charge >= 0.3 is 0 Å². The number of benzene rings is 1. The number of pyridine rings is 1. The van der Waals surface area contributed by atoms with Gasteiger partial charge in [0.15, 0.2) is 5.79 Å². The number of hydrogen-bond acceptors (Lipinski definition) is 5. The van der Waals surface area contributed by atoms with E-state index < -0.39 is 27.5 Å². The molecule has 0 aliphatic carbocycles. The summed E-state index contributed by atoms with van der Waals surface area (Å²) in [5.74, 6) is -3.39. The number of halogens is 2. The van der Waals surface area contributed by atoms with Crippen LogP contribution < -0.4 is 10.5 Å². The number of nitrogens with zero attached hydrogens (tertiary/aromatic N) is 2. The third-order valence-corrected chi connectivity index (χ3v) is 7.37. The monoisotopic (exact) mass is 492 g/mol. The van der Waals surface area contributed by atoms with Gasteiger partial charge in [-0.3, -0.25) is 9.78 Å². The van der Waals surface area contributed by atoms with Gasteiger partial charge in [-0.25, -0.2) is 17.2 Å². The minimum Gasteiger partial charge on any atom is -0.381 e. The predicted octanol–water partition coefficient (Wildman–Crippen LogP) is 3.59. The fraction of sp³-hybridized carbons (Fsp3) is 0.391. The molecule has 0 radical (unpaired) electrons. The van der Waals surface area contributed by atoms with E-state index in [-0.39, 0.29) is 22.2 Å². The molecular formula is C23H26F2N4O4S. The van der Waals surface area contributed by atoms with E-state index in [0.717, 1.165) is 20.0 Å². The number of carbonyl (C=O) groups excluding carboxylic acids is 1. The van der Waals surface area contributed by atoms with E-state index in [1.54, 1.807) is 13.0 Å². The maximum atomic E-state index is 14.5. The number of nitrogens with one attached hydrogen (secondary N) is 1. The number of primary amides is 1. The Hall–Kier alpha value is -2.89. The van der Waals surface area contributed by atoms with Crippen molar-refractivity contribution in [1.82, 2.24) is 14.3 Å². The summed E-state index contributed by atoms with van der Waals surface area (Å²) in [6, 6.07) is 5.60. The Morgan fingerprint density at radius 1 is 1.26 bits per heavy atom. The van der Waals surface area contributed by atoms with E-state index in [1.165, 1.54) is 18.2 Å². The van der Waals surface area contributed by atoms with Gasteiger partial charge in [-0.1, -0.05) is 0 Å². The fourth-order valence-electron chi connectivity index (χ4n) is 4.32. The molecule has 2 aromatic heterocycles. The second kappa shape index (κ2) is 8.71. The van der Waals surface area contributed by atoms with Crippen molar-refractivity contribution in [2.24, 2.45) is 5.73 Å². The van der Waals surface area contributed by atoms with Crippen LogP contribution >= 0.6 is 0 Å². The highest BCUT2D eigenvalue weighted by molar-refractivity contribution is 7.89. The van der Waals surface area contributed by atoms with Crippen molar-refractivity contribution >= 4 is 26.8 Å². The first kappa shape index (κ1) is 24.2. The van der Waals surface area contributed by atoms with Crippen LogP contribution in [0.2, 0.25) is 0 Å². The van der Waals surface area contributed by atoms with Crippen LogP contribution in [0.1, 0.15) is 48.7 Å². The topological polar surface area (TPSA) is 116 Å². The van der Waals surface area contributed by atoms with E-state index in [1.807, 2.05) is 9.29 Å². The number of alkyl halides is 1. The van der Waals surface area contributed by atoms with E-state index in [2.05, 4.69) is 4.98 Å². The molecule has 11 heteroatoms. The number of hydrogen-bond donors (Lipinski definition) is 2. The molecule has 3 N–H and O–H groups in total. The lowest BCUT2D eigenvalue weighted by atomic mass is 10.1. The van der Waals surface area contributed by atoms with Crippen LogP contribution in [0.3, 0.4) is 0 Å². The molecule has 1 amide bonds. The summed E-state index contributed by atoms with van der Waals surface area (Å²) in [7, 11) is -4.16. The van der Waals surface area contributed by atoms with Gasteiger partial charge in [-0.05, 0) is 63.4 Å². The highest BCUT2D eigenvalue weighted by Crippen LogP contribution is 2.39. The molecule has 0 bridgehead atoms. The normalized spacial score (nSPS) is 15.7.